The van der Waals surface area contributed by atoms with Crippen LogP contribution < -0.4 is 5.56 Å². The molecule has 6 nitrogen and oxygen atoms in total. The third-order valence-corrected chi connectivity index (χ3v) is 3.63. The fourth-order valence-electron chi connectivity index (χ4n) is 2.55. The molecule has 1 heterocycles. The van der Waals surface area contributed by atoms with Gasteiger partial charge in [-0.05, 0) is 31.7 Å². The highest BCUT2D eigenvalue weighted by Crippen LogP contribution is 2.26. The number of nitro benzene ring substituents is 1. The first kappa shape index (κ1) is 12.5. The molecule has 0 saturated heterocycles. The number of nitro groups is 1. The SMILES string of the molecule is Cc1ccc([N+](=O)[O-])cc1-c1nc2c(c(=O)[nH]1)CCC2. The Kier molecular flexibility index (Phi) is 2.85. The van der Waals surface area contributed by atoms with Crippen LogP contribution in [0.1, 0.15) is 23.2 Å². The molecule has 1 aromatic carbocycles. The molecule has 0 atom stereocenters. The standard InChI is InChI=1S/C14H13N3O3/c1-8-5-6-9(17(19)20)7-11(8)13-15-12-4-2-3-10(12)14(18)16-13/h5-7H,2-4H2,1H3,(H,15,16,18). The van der Waals surface area contributed by atoms with Gasteiger partial charge >= 0.3 is 0 Å². The number of fused-ring (bicyclic) bond motifs is 1. The second kappa shape index (κ2) is 4.56. The van der Waals surface area contributed by atoms with Crippen molar-refractivity contribution < 1.29 is 4.92 Å². The minimum atomic E-state index is -0.450. The lowest BCUT2D eigenvalue weighted by atomic mass is 10.1. The number of aromatic amines is 1. The summed E-state index contributed by atoms with van der Waals surface area (Å²) in [5, 5.41) is 10.9. The molecule has 1 aromatic heterocycles. The molecule has 0 spiro atoms. The van der Waals surface area contributed by atoms with Gasteiger partial charge in [0.15, 0.2) is 0 Å². The van der Waals surface area contributed by atoms with Crippen molar-refractivity contribution in [3.05, 3.63) is 55.5 Å². The van der Waals surface area contributed by atoms with E-state index in [0.717, 1.165) is 36.1 Å². The normalized spacial score (nSPS) is 13.2. The molecule has 0 bridgehead atoms. The lowest BCUT2D eigenvalue weighted by molar-refractivity contribution is -0.384. The predicted octanol–water partition coefficient (Wildman–Crippen LogP) is 2.14. The van der Waals surface area contributed by atoms with Crippen molar-refractivity contribution in [2.75, 3.05) is 0 Å². The van der Waals surface area contributed by atoms with E-state index in [4.69, 9.17) is 0 Å². The number of non-ortho nitro benzene ring substituents is 1. The van der Waals surface area contributed by atoms with Gasteiger partial charge < -0.3 is 4.98 Å². The van der Waals surface area contributed by atoms with Crippen LogP contribution in [0.25, 0.3) is 11.4 Å². The maximum absolute atomic E-state index is 12.0. The number of nitrogens with one attached hydrogen (secondary N) is 1. The van der Waals surface area contributed by atoms with Crippen molar-refractivity contribution in [3.63, 3.8) is 0 Å². The molecular weight excluding hydrogens is 258 g/mol. The zero-order valence-electron chi connectivity index (χ0n) is 11.0. The van der Waals surface area contributed by atoms with Crippen LogP contribution in [0.2, 0.25) is 0 Å². The van der Waals surface area contributed by atoms with Gasteiger partial charge in [-0.25, -0.2) is 4.98 Å². The molecule has 0 saturated carbocycles. The summed E-state index contributed by atoms with van der Waals surface area (Å²) in [6.45, 7) is 1.84. The lowest BCUT2D eigenvalue weighted by Gasteiger charge is -2.07. The fourth-order valence-corrected chi connectivity index (χ4v) is 2.55. The average molecular weight is 271 g/mol. The van der Waals surface area contributed by atoms with Crippen LogP contribution in [-0.2, 0) is 12.8 Å². The molecule has 0 aliphatic heterocycles. The van der Waals surface area contributed by atoms with E-state index in [0.29, 0.717) is 11.4 Å². The summed E-state index contributed by atoms with van der Waals surface area (Å²) in [5.74, 6) is 0.414. The summed E-state index contributed by atoms with van der Waals surface area (Å²) in [6, 6.07) is 4.57. The van der Waals surface area contributed by atoms with Gasteiger partial charge in [-0.15, -0.1) is 0 Å². The van der Waals surface area contributed by atoms with Crippen LogP contribution in [0.3, 0.4) is 0 Å². The largest absolute Gasteiger partial charge is 0.306 e. The molecule has 3 rings (SSSR count). The third-order valence-electron chi connectivity index (χ3n) is 3.63. The Bertz CT molecular complexity index is 765. The Balaban J connectivity index is 2.19. The van der Waals surface area contributed by atoms with Crippen LogP contribution in [-0.4, -0.2) is 14.9 Å². The smallest absolute Gasteiger partial charge is 0.270 e. The second-order valence-corrected chi connectivity index (χ2v) is 4.95. The third kappa shape index (κ3) is 1.99. The molecule has 102 valence electrons. The highest BCUT2D eigenvalue weighted by molar-refractivity contribution is 5.64. The van der Waals surface area contributed by atoms with Gasteiger partial charge in [0.1, 0.15) is 5.82 Å². The topological polar surface area (TPSA) is 88.9 Å². The van der Waals surface area contributed by atoms with Crippen molar-refractivity contribution in [3.8, 4) is 11.4 Å². The van der Waals surface area contributed by atoms with E-state index in [-0.39, 0.29) is 11.2 Å². The summed E-state index contributed by atoms with van der Waals surface area (Å²) in [5.41, 5.74) is 2.87. The Morgan fingerprint density at radius 3 is 2.90 bits per heavy atom. The van der Waals surface area contributed by atoms with Gasteiger partial charge in [-0.2, -0.15) is 0 Å². The van der Waals surface area contributed by atoms with Crippen LogP contribution in [0, 0.1) is 17.0 Å². The number of rotatable bonds is 2. The van der Waals surface area contributed by atoms with E-state index in [1.54, 1.807) is 6.07 Å². The van der Waals surface area contributed by atoms with Gasteiger partial charge in [-0.1, -0.05) is 6.07 Å². The van der Waals surface area contributed by atoms with E-state index in [1.165, 1.54) is 12.1 Å². The van der Waals surface area contributed by atoms with Crippen LogP contribution >= 0.6 is 0 Å². The first-order valence-electron chi connectivity index (χ1n) is 6.44. The molecule has 20 heavy (non-hydrogen) atoms. The number of benzene rings is 1. The maximum Gasteiger partial charge on any atom is 0.270 e. The fraction of sp³-hybridized carbons (Fsp3) is 0.286. The van der Waals surface area contributed by atoms with Crippen molar-refractivity contribution in [1.29, 1.82) is 0 Å². The second-order valence-electron chi connectivity index (χ2n) is 4.95. The first-order valence-corrected chi connectivity index (χ1v) is 6.44. The van der Waals surface area contributed by atoms with Crippen LogP contribution in [0.4, 0.5) is 5.69 Å². The van der Waals surface area contributed by atoms with E-state index < -0.39 is 4.92 Å². The molecule has 1 aliphatic carbocycles. The summed E-state index contributed by atoms with van der Waals surface area (Å²) in [7, 11) is 0. The van der Waals surface area contributed by atoms with Crippen molar-refractivity contribution in [2.24, 2.45) is 0 Å². The number of hydrogen-bond donors (Lipinski definition) is 1. The molecule has 2 aromatic rings. The molecule has 1 aliphatic rings. The summed E-state index contributed by atoms with van der Waals surface area (Å²) in [4.78, 5) is 29.6. The van der Waals surface area contributed by atoms with Gasteiger partial charge in [0.05, 0.1) is 10.6 Å². The quantitative estimate of drug-likeness (QED) is 0.669. The maximum atomic E-state index is 12.0. The van der Waals surface area contributed by atoms with Crippen LogP contribution in [0.5, 0.6) is 0 Å². The van der Waals surface area contributed by atoms with E-state index in [1.807, 2.05) is 6.92 Å². The molecule has 6 heteroatoms. The number of nitrogens with zero attached hydrogens (tertiary/aromatic N) is 2. The van der Waals surface area contributed by atoms with Gasteiger partial charge in [0.25, 0.3) is 11.2 Å². The zero-order valence-corrected chi connectivity index (χ0v) is 11.0. The van der Waals surface area contributed by atoms with Crippen LogP contribution in [0.15, 0.2) is 23.0 Å². The van der Waals surface area contributed by atoms with E-state index in [9.17, 15) is 14.9 Å². The number of aryl methyl sites for hydroxylation is 2. The zero-order chi connectivity index (χ0) is 14.3. The average Bonchev–Trinajstić information content (AvgIpc) is 2.87. The number of hydrogen-bond acceptors (Lipinski definition) is 4. The number of H-pyrrole nitrogens is 1. The first-order chi connectivity index (χ1) is 9.56. The van der Waals surface area contributed by atoms with Gasteiger partial charge in [-0.3, -0.25) is 14.9 Å². The van der Waals surface area contributed by atoms with Crippen molar-refractivity contribution in [1.82, 2.24) is 9.97 Å². The number of aromatic nitrogens is 2. The summed E-state index contributed by atoms with van der Waals surface area (Å²) in [6.07, 6.45) is 2.48. The van der Waals surface area contributed by atoms with E-state index >= 15 is 0 Å². The lowest BCUT2D eigenvalue weighted by Crippen LogP contribution is -2.15. The summed E-state index contributed by atoms with van der Waals surface area (Å²) < 4.78 is 0. The minimum Gasteiger partial charge on any atom is -0.306 e. The molecular formula is C14H13N3O3. The summed E-state index contributed by atoms with van der Waals surface area (Å²) >= 11 is 0. The highest BCUT2D eigenvalue weighted by Gasteiger charge is 2.19. The monoisotopic (exact) mass is 271 g/mol. The highest BCUT2D eigenvalue weighted by atomic mass is 16.6. The molecule has 0 fully saturated rings. The Morgan fingerprint density at radius 1 is 1.35 bits per heavy atom. The van der Waals surface area contributed by atoms with Gasteiger partial charge in [0.2, 0.25) is 0 Å². The molecule has 1 N–H and O–H groups in total. The minimum absolute atomic E-state index is 0.00579. The molecule has 0 unspecified atom stereocenters. The predicted molar refractivity (Wildman–Crippen MR) is 73.7 cm³/mol. The molecule has 0 amide bonds. The Hall–Kier alpha value is -2.50. The van der Waals surface area contributed by atoms with Crippen molar-refractivity contribution in [2.45, 2.75) is 26.2 Å². The Labute approximate surface area is 114 Å². The van der Waals surface area contributed by atoms with Gasteiger partial charge in [0, 0.05) is 23.3 Å². The Morgan fingerprint density at radius 2 is 2.15 bits per heavy atom. The van der Waals surface area contributed by atoms with E-state index in [2.05, 4.69) is 9.97 Å². The van der Waals surface area contributed by atoms with Crippen molar-refractivity contribution >= 4 is 5.69 Å². The molecule has 0 radical (unpaired) electrons.